The third kappa shape index (κ3) is 10.7. The van der Waals surface area contributed by atoms with E-state index in [1.54, 1.807) is 0 Å². The summed E-state index contributed by atoms with van der Waals surface area (Å²) in [6.07, 6.45) is 1.57. The fourth-order valence-corrected chi connectivity index (χ4v) is 0.753. The molecule has 0 fully saturated rings. The molecule has 6 heteroatoms. The Morgan fingerprint density at radius 2 is 1.69 bits per heavy atom. The van der Waals surface area contributed by atoms with Crippen molar-refractivity contribution in [2.45, 2.75) is 6.92 Å². The zero-order chi connectivity index (χ0) is 12.2. The number of carbonyl (C=O) groups excluding carboxylic acids is 1. The Morgan fingerprint density at radius 1 is 1.06 bits per heavy atom. The minimum Gasteiger partial charge on any atom is -0.478 e. The fourth-order valence-electron chi connectivity index (χ4n) is 0.753. The van der Waals surface area contributed by atoms with Crippen LogP contribution >= 0.6 is 0 Å². The quantitative estimate of drug-likeness (QED) is 0.348. The van der Waals surface area contributed by atoms with Crippen LogP contribution in [0.3, 0.4) is 0 Å². The number of carboxylic acid groups (broad SMARTS) is 1. The molecule has 0 spiro atoms. The molecule has 0 unspecified atom stereocenters. The molecule has 0 aromatic rings. The molecule has 0 heterocycles. The monoisotopic (exact) mass is 232 g/mol. The maximum atomic E-state index is 10.8. The van der Waals surface area contributed by atoms with Gasteiger partial charge >= 0.3 is 11.9 Å². The summed E-state index contributed by atoms with van der Waals surface area (Å²) in [5.74, 6) is -1.89. The van der Waals surface area contributed by atoms with E-state index in [1.165, 1.54) is 0 Å². The second-order valence-electron chi connectivity index (χ2n) is 2.65. The summed E-state index contributed by atoms with van der Waals surface area (Å²) in [7, 11) is 0. The molecule has 0 radical (unpaired) electrons. The maximum Gasteiger partial charge on any atom is 0.331 e. The Morgan fingerprint density at radius 3 is 2.31 bits per heavy atom. The molecular formula is C10H16O6. The predicted octanol–water partition coefficient (Wildman–Crippen LogP) is 0.223. The minimum atomic E-state index is -1.19. The highest BCUT2D eigenvalue weighted by Gasteiger charge is 1.97. The highest BCUT2D eigenvalue weighted by Crippen LogP contribution is 1.84. The van der Waals surface area contributed by atoms with E-state index < -0.39 is 11.9 Å². The van der Waals surface area contributed by atoms with E-state index in [9.17, 15) is 9.59 Å². The lowest BCUT2D eigenvalue weighted by Crippen LogP contribution is -2.11. The molecule has 16 heavy (non-hydrogen) atoms. The Bertz CT molecular complexity index is 235. The predicted molar refractivity (Wildman–Crippen MR) is 55.0 cm³/mol. The normalized spacial score (nSPS) is 10.6. The third-order valence-electron chi connectivity index (χ3n) is 1.41. The summed E-state index contributed by atoms with van der Waals surface area (Å²) in [5, 5.41) is 8.22. The van der Waals surface area contributed by atoms with Crippen LogP contribution < -0.4 is 0 Å². The van der Waals surface area contributed by atoms with Crippen molar-refractivity contribution in [3.63, 3.8) is 0 Å². The van der Waals surface area contributed by atoms with E-state index >= 15 is 0 Å². The lowest BCUT2D eigenvalue weighted by atomic mass is 10.5. The van der Waals surface area contributed by atoms with Crippen LogP contribution in [0.2, 0.25) is 0 Å². The van der Waals surface area contributed by atoms with Crippen molar-refractivity contribution in [3.8, 4) is 0 Å². The van der Waals surface area contributed by atoms with Gasteiger partial charge in [0, 0.05) is 18.8 Å². The molecule has 0 aliphatic rings. The van der Waals surface area contributed by atoms with Crippen molar-refractivity contribution in [3.05, 3.63) is 12.2 Å². The first-order valence-corrected chi connectivity index (χ1v) is 4.90. The van der Waals surface area contributed by atoms with E-state index in [1.807, 2.05) is 6.92 Å². The van der Waals surface area contributed by atoms with Gasteiger partial charge in [-0.05, 0) is 6.92 Å². The van der Waals surface area contributed by atoms with E-state index in [0.717, 1.165) is 12.2 Å². The average Bonchev–Trinajstić information content (AvgIpc) is 2.25. The van der Waals surface area contributed by atoms with Crippen molar-refractivity contribution in [1.82, 2.24) is 0 Å². The highest BCUT2D eigenvalue weighted by molar-refractivity contribution is 5.90. The van der Waals surface area contributed by atoms with Crippen LogP contribution in [-0.2, 0) is 23.8 Å². The Balaban J connectivity index is 3.31. The molecule has 6 nitrogen and oxygen atoms in total. The van der Waals surface area contributed by atoms with Gasteiger partial charge in [-0.2, -0.15) is 0 Å². The second kappa shape index (κ2) is 10.1. The van der Waals surface area contributed by atoms with Crippen molar-refractivity contribution < 1.29 is 28.9 Å². The number of aliphatic carboxylic acids is 1. The third-order valence-corrected chi connectivity index (χ3v) is 1.41. The Kier molecular flexibility index (Phi) is 9.24. The van der Waals surface area contributed by atoms with Crippen molar-refractivity contribution in [2.24, 2.45) is 0 Å². The lowest BCUT2D eigenvalue weighted by Gasteiger charge is -2.04. The van der Waals surface area contributed by atoms with Crippen LogP contribution in [0.5, 0.6) is 0 Å². The summed E-state index contributed by atoms with van der Waals surface area (Å²) in [6.45, 7) is 3.82. The summed E-state index contributed by atoms with van der Waals surface area (Å²) in [5.41, 5.74) is 0. The van der Waals surface area contributed by atoms with Crippen molar-refractivity contribution >= 4 is 11.9 Å². The molecule has 0 atom stereocenters. The number of hydrogen-bond acceptors (Lipinski definition) is 5. The average molecular weight is 232 g/mol. The van der Waals surface area contributed by atoms with E-state index in [0.29, 0.717) is 19.8 Å². The fraction of sp³-hybridized carbons (Fsp3) is 0.600. The zero-order valence-electron chi connectivity index (χ0n) is 9.18. The van der Waals surface area contributed by atoms with Gasteiger partial charge in [0.05, 0.1) is 19.8 Å². The zero-order valence-corrected chi connectivity index (χ0v) is 9.18. The van der Waals surface area contributed by atoms with Crippen molar-refractivity contribution in [1.29, 1.82) is 0 Å². The smallest absolute Gasteiger partial charge is 0.331 e. The largest absolute Gasteiger partial charge is 0.478 e. The van der Waals surface area contributed by atoms with Crippen LogP contribution in [0.1, 0.15) is 6.92 Å². The molecule has 0 aromatic carbocycles. The first-order valence-electron chi connectivity index (χ1n) is 4.90. The molecule has 1 N–H and O–H groups in total. The van der Waals surface area contributed by atoms with Gasteiger partial charge in [0.15, 0.2) is 0 Å². The molecular weight excluding hydrogens is 216 g/mol. The summed E-state index contributed by atoms with van der Waals surface area (Å²) in [4.78, 5) is 20.9. The standard InChI is InChI=1S/C10H16O6/c1-2-14-5-6-15-7-8-16-10(13)4-3-9(11)12/h3-4H,2,5-8H2,1H3,(H,11,12)/b4-3+. The SMILES string of the molecule is CCOCCOCCOC(=O)/C=C/C(=O)O. The van der Waals surface area contributed by atoms with E-state index in [-0.39, 0.29) is 13.2 Å². The van der Waals surface area contributed by atoms with E-state index in [4.69, 9.17) is 14.6 Å². The number of ether oxygens (including phenoxy) is 3. The van der Waals surface area contributed by atoms with Gasteiger partial charge in [-0.3, -0.25) is 0 Å². The second-order valence-corrected chi connectivity index (χ2v) is 2.65. The summed E-state index contributed by atoms with van der Waals surface area (Å²) < 4.78 is 14.7. The summed E-state index contributed by atoms with van der Waals surface area (Å²) >= 11 is 0. The minimum absolute atomic E-state index is 0.0922. The number of esters is 1. The Hall–Kier alpha value is -1.40. The van der Waals surface area contributed by atoms with Crippen molar-refractivity contribution in [2.75, 3.05) is 33.0 Å². The van der Waals surface area contributed by atoms with Gasteiger partial charge in [-0.25, -0.2) is 9.59 Å². The van der Waals surface area contributed by atoms with Gasteiger partial charge in [-0.15, -0.1) is 0 Å². The van der Waals surface area contributed by atoms with Crippen LogP contribution in [0, 0.1) is 0 Å². The van der Waals surface area contributed by atoms with Gasteiger partial charge in [0.1, 0.15) is 6.61 Å². The van der Waals surface area contributed by atoms with Gasteiger partial charge in [0.25, 0.3) is 0 Å². The van der Waals surface area contributed by atoms with Crippen LogP contribution in [0.15, 0.2) is 12.2 Å². The molecule has 0 aromatic heterocycles. The molecule has 0 bridgehead atoms. The molecule has 0 saturated heterocycles. The Labute approximate surface area is 93.8 Å². The van der Waals surface area contributed by atoms with E-state index in [2.05, 4.69) is 4.74 Å². The maximum absolute atomic E-state index is 10.8. The first-order chi connectivity index (χ1) is 7.66. The molecule has 92 valence electrons. The first kappa shape index (κ1) is 14.6. The molecule has 0 aliphatic heterocycles. The topological polar surface area (TPSA) is 82.1 Å². The number of carbonyl (C=O) groups is 2. The molecule has 0 rings (SSSR count). The van der Waals surface area contributed by atoms with Crippen LogP contribution in [0.25, 0.3) is 0 Å². The summed E-state index contributed by atoms with van der Waals surface area (Å²) in [6, 6.07) is 0. The van der Waals surface area contributed by atoms with Crippen LogP contribution in [0.4, 0.5) is 0 Å². The van der Waals surface area contributed by atoms with Crippen LogP contribution in [-0.4, -0.2) is 50.1 Å². The van der Waals surface area contributed by atoms with Gasteiger partial charge in [-0.1, -0.05) is 0 Å². The lowest BCUT2D eigenvalue weighted by molar-refractivity contribution is -0.140. The number of hydrogen-bond donors (Lipinski definition) is 1. The highest BCUT2D eigenvalue weighted by atomic mass is 16.6. The number of rotatable bonds is 9. The molecule has 0 saturated carbocycles. The molecule has 0 aliphatic carbocycles. The number of carboxylic acids is 1. The molecule has 0 amide bonds. The van der Waals surface area contributed by atoms with Gasteiger partial charge < -0.3 is 19.3 Å². The van der Waals surface area contributed by atoms with Gasteiger partial charge in [0.2, 0.25) is 0 Å².